The summed E-state index contributed by atoms with van der Waals surface area (Å²) in [7, 11) is 1.83. The quantitative estimate of drug-likeness (QED) is 0.523. The molecule has 5 N–H and O–H groups in total. The van der Waals surface area contributed by atoms with E-state index in [0.717, 1.165) is 39.0 Å². The molecule has 144 valence electrons. The highest BCUT2D eigenvalue weighted by atomic mass is 16.5. The molecular weight excluding hydrogens is 314 g/mol. The standard InChI is InChI=1S/C19H37N5O/c1-14-12-24(13-22-14)16-8-6-15(11-17(16)25-2)7-9-18(20)23-19-5-3-4-10-21-19/h14-15,18-19,21-23H,3-13,20H2,1-2H3. The lowest BCUT2D eigenvalue weighted by atomic mass is 9.86. The normalized spacial score (nSPS) is 32.1. The number of rotatable bonds is 7. The van der Waals surface area contributed by atoms with E-state index in [1.165, 1.54) is 43.6 Å². The van der Waals surface area contributed by atoms with Gasteiger partial charge in [0.2, 0.25) is 0 Å². The highest BCUT2D eigenvalue weighted by Crippen LogP contribution is 2.34. The summed E-state index contributed by atoms with van der Waals surface area (Å²) in [6.07, 6.45) is 9.94. The Morgan fingerprint density at radius 1 is 1.32 bits per heavy atom. The monoisotopic (exact) mass is 351 g/mol. The third kappa shape index (κ3) is 5.33. The van der Waals surface area contributed by atoms with Crippen LogP contribution in [0.4, 0.5) is 0 Å². The van der Waals surface area contributed by atoms with Crippen molar-refractivity contribution in [3.63, 3.8) is 0 Å². The van der Waals surface area contributed by atoms with Gasteiger partial charge >= 0.3 is 0 Å². The smallest absolute Gasteiger partial charge is 0.115 e. The Kier molecular flexibility index (Phi) is 6.99. The van der Waals surface area contributed by atoms with Crippen molar-refractivity contribution in [2.75, 3.05) is 26.9 Å². The van der Waals surface area contributed by atoms with E-state index in [1.807, 2.05) is 7.11 Å². The summed E-state index contributed by atoms with van der Waals surface area (Å²) in [6.45, 7) is 5.41. The van der Waals surface area contributed by atoms with Gasteiger partial charge < -0.3 is 20.7 Å². The zero-order valence-electron chi connectivity index (χ0n) is 16.0. The highest BCUT2D eigenvalue weighted by Gasteiger charge is 2.28. The predicted octanol–water partition coefficient (Wildman–Crippen LogP) is 1.65. The van der Waals surface area contributed by atoms with E-state index in [0.29, 0.717) is 18.1 Å². The van der Waals surface area contributed by atoms with Crippen LogP contribution in [0.1, 0.15) is 58.3 Å². The van der Waals surface area contributed by atoms with Crippen LogP contribution >= 0.6 is 0 Å². The molecule has 0 radical (unpaired) electrons. The predicted molar refractivity (Wildman–Crippen MR) is 102 cm³/mol. The molecule has 0 bridgehead atoms. The van der Waals surface area contributed by atoms with E-state index in [4.69, 9.17) is 10.5 Å². The molecule has 6 heteroatoms. The van der Waals surface area contributed by atoms with E-state index in [1.54, 1.807) is 0 Å². The number of methoxy groups -OCH3 is 1. The molecule has 0 saturated carbocycles. The SMILES string of the molecule is COC1=C(N2CNC(C)C2)CCC(CCC(N)NC2CCCCN2)C1. The van der Waals surface area contributed by atoms with E-state index in [2.05, 4.69) is 27.8 Å². The number of nitrogens with one attached hydrogen (secondary N) is 3. The molecule has 4 atom stereocenters. The fourth-order valence-electron chi connectivity index (χ4n) is 4.43. The van der Waals surface area contributed by atoms with Gasteiger partial charge in [-0.3, -0.25) is 10.6 Å². The fraction of sp³-hybridized carbons (Fsp3) is 0.895. The van der Waals surface area contributed by atoms with Crippen LogP contribution in [0.2, 0.25) is 0 Å². The topological polar surface area (TPSA) is 74.6 Å². The number of piperidine rings is 1. The Hall–Kier alpha value is -0.820. The van der Waals surface area contributed by atoms with E-state index < -0.39 is 0 Å². The highest BCUT2D eigenvalue weighted by molar-refractivity contribution is 5.13. The Morgan fingerprint density at radius 2 is 2.20 bits per heavy atom. The van der Waals surface area contributed by atoms with Crippen molar-refractivity contribution in [2.45, 2.75) is 76.7 Å². The minimum Gasteiger partial charge on any atom is -0.499 e. The molecule has 6 nitrogen and oxygen atoms in total. The van der Waals surface area contributed by atoms with E-state index >= 15 is 0 Å². The fourth-order valence-corrected chi connectivity index (χ4v) is 4.43. The van der Waals surface area contributed by atoms with Gasteiger partial charge in [-0.2, -0.15) is 0 Å². The maximum absolute atomic E-state index is 6.32. The van der Waals surface area contributed by atoms with Gasteiger partial charge in [0.05, 0.1) is 31.8 Å². The van der Waals surface area contributed by atoms with Crippen molar-refractivity contribution in [3.05, 3.63) is 11.5 Å². The molecule has 3 rings (SSSR count). The van der Waals surface area contributed by atoms with Gasteiger partial charge in [0.15, 0.2) is 0 Å². The minimum atomic E-state index is 0.0932. The van der Waals surface area contributed by atoms with Crippen LogP contribution in [-0.4, -0.2) is 50.1 Å². The minimum absolute atomic E-state index is 0.0932. The first kappa shape index (κ1) is 19.0. The van der Waals surface area contributed by atoms with Crippen molar-refractivity contribution in [1.82, 2.24) is 20.9 Å². The summed E-state index contributed by atoms with van der Waals surface area (Å²) < 4.78 is 5.76. The molecule has 4 unspecified atom stereocenters. The van der Waals surface area contributed by atoms with Gasteiger partial charge in [0.1, 0.15) is 5.76 Å². The number of ether oxygens (including phenoxy) is 1. The van der Waals surface area contributed by atoms with Crippen molar-refractivity contribution < 1.29 is 4.74 Å². The number of hydrogen-bond donors (Lipinski definition) is 4. The molecule has 3 aliphatic rings. The van der Waals surface area contributed by atoms with Gasteiger partial charge in [-0.15, -0.1) is 0 Å². The molecule has 2 aliphatic heterocycles. The Labute approximate surface area is 152 Å². The van der Waals surface area contributed by atoms with Gasteiger partial charge in [-0.25, -0.2) is 0 Å². The zero-order chi connectivity index (χ0) is 17.6. The van der Waals surface area contributed by atoms with Crippen LogP contribution in [-0.2, 0) is 4.74 Å². The first-order chi connectivity index (χ1) is 12.2. The maximum atomic E-state index is 6.32. The maximum Gasteiger partial charge on any atom is 0.115 e. The number of nitrogens with zero attached hydrogens (tertiary/aromatic N) is 1. The second kappa shape index (κ2) is 9.21. The molecule has 0 aromatic carbocycles. The second-order valence-corrected chi connectivity index (χ2v) is 8.02. The zero-order valence-corrected chi connectivity index (χ0v) is 16.0. The molecule has 2 fully saturated rings. The average Bonchev–Trinajstić information content (AvgIpc) is 3.06. The van der Waals surface area contributed by atoms with Crippen LogP contribution < -0.4 is 21.7 Å². The first-order valence-electron chi connectivity index (χ1n) is 10.1. The van der Waals surface area contributed by atoms with Crippen molar-refractivity contribution in [1.29, 1.82) is 0 Å². The average molecular weight is 352 g/mol. The molecule has 0 aromatic rings. The molecule has 1 aliphatic carbocycles. The number of nitrogens with two attached hydrogens (primary N) is 1. The summed E-state index contributed by atoms with van der Waals surface area (Å²) in [5.41, 5.74) is 7.74. The van der Waals surface area contributed by atoms with Crippen LogP contribution in [0.25, 0.3) is 0 Å². The lowest BCUT2D eigenvalue weighted by molar-refractivity contribution is 0.201. The first-order valence-corrected chi connectivity index (χ1v) is 10.1. The number of allylic oxidation sites excluding steroid dienone is 2. The molecular formula is C19H37N5O. The third-order valence-corrected chi connectivity index (χ3v) is 5.95. The molecule has 0 spiro atoms. The largest absolute Gasteiger partial charge is 0.499 e. The molecule has 0 aromatic heterocycles. The number of hydrogen-bond acceptors (Lipinski definition) is 6. The van der Waals surface area contributed by atoms with Gasteiger partial charge in [-0.05, 0) is 64.3 Å². The Bertz CT molecular complexity index is 449. The lowest BCUT2D eigenvalue weighted by Crippen LogP contribution is -2.52. The summed E-state index contributed by atoms with van der Waals surface area (Å²) in [5, 5.41) is 10.6. The van der Waals surface area contributed by atoms with Crippen LogP contribution in [0.5, 0.6) is 0 Å². The van der Waals surface area contributed by atoms with Gasteiger partial charge in [-0.1, -0.05) is 0 Å². The van der Waals surface area contributed by atoms with Crippen LogP contribution in [0, 0.1) is 5.92 Å². The lowest BCUT2D eigenvalue weighted by Gasteiger charge is -2.32. The molecule has 2 heterocycles. The van der Waals surface area contributed by atoms with Crippen molar-refractivity contribution >= 4 is 0 Å². The summed E-state index contributed by atoms with van der Waals surface area (Å²) >= 11 is 0. The Morgan fingerprint density at radius 3 is 2.88 bits per heavy atom. The van der Waals surface area contributed by atoms with Gasteiger partial charge in [0, 0.05) is 19.0 Å². The summed E-state index contributed by atoms with van der Waals surface area (Å²) in [6, 6.07) is 0.570. The van der Waals surface area contributed by atoms with Crippen molar-refractivity contribution in [3.8, 4) is 0 Å². The summed E-state index contributed by atoms with van der Waals surface area (Å²) in [4.78, 5) is 2.46. The van der Waals surface area contributed by atoms with Gasteiger partial charge in [0.25, 0.3) is 0 Å². The second-order valence-electron chi connectivity index (χ2n) is 8.02. The van der Waals surface area contributed by atoms with E-state index in [9.17, 15) is 0 Å². The molecule has 2 saturated heterocycles. The van der Waals surface area contributed by atoms with E-state index in [-0.39, 0.29) is 6.17 Å². The van der Waals surface area contributed by atoms with Crippen LogP contribution in [0.3, 0.4) is 0 Å². The van der Waals surface area contributed by atoms with Crippen LogP contribution in [0.15, 0.2) is 11.5 Å². The molecule has 0 amide bonds. The van der Waals surface area contributed by atoms with Crippen molar-refractivity contribution in [2.24, 2.45) is 11.7 Å². The summed E-state index contributed by atoms with van der Waals surface area (Å²) in [5.74, 6) is 1.89. The molecule has 25 heavy (non-hydrogen) atoms. The third-order valence-electron chi connectivity index (χ3n) is 5.95. The Balaban J connectivity index is 1.44.